The van der Waals surface area contributed by atoms with Gasteiger partial charge in [0.05, 0.1) is 5.57 Å². The van der Waals surface area contributed by atoms with Crippen molar-refractivity contribution in [3.8, 4) is 11.1 Å². The predicted molar refractivity (Wildman–Crippen MR) is 100 cm³/mol. The van der Waals surface area contributed by atoms with Crippen molar-refractivity contribution in [1.82, 2.24) is 0 Å². The molecule has 26 heavy (non-hydrogen) atoms. The number of carbonyl (C=O) groups excluding carboxylic acids is 1. The molecule has 0 radical (unpaired) electrons. The van der Waals surface area contributed by atoms with Gasteiger partial charge in [0.1, 0.15) is 22.8 Å². The Balaban J connectivity index is 2.21. The minimum absolute atomic E-state index is 0.0684. The van der Waals surface area contributed by atoms with Crippen LogP contribution in [0.4, 0.5) is 4.39 Å². The molecule has 0 atom stereocenters. The Morgan fingerprint density at radius 3 is 2.12 bits per heavy atom. The molecule has 0 fully saturated rings. The molecule has 0 amide bonds. The normalized spacial score (nSPS) is 18.9. The summed E-state index contributed by atoms with van der Waals surface area (Å²) in [4.78, 5) is 13.0. The summed E-state index contributed by atoms with van der Waals surface area (Å²) < 4.78 is 19.0. The van der Waals surface area contributed by atoms with Gasteiger partial charge in [0.15, 0.2) is 5.78 Å². The number of hydrogen-bond donors (Lipinski definition) is 1. The quantitative estimate of drug-likeness (QED) is 0.803. The van der Waals surface area contributed by atoms with E-state index in [-0.39, 0.29) is 22.9 Å². The Kier molecular flexibility index (Phi) is 4.27. The van der Waals surface area contributed by atoms with E-state index in [4.69, 9.17) is 4.74 Å². The summed E-state index contributed by atoms with van der Waals surface area (Å²) >= 11 is 0. The monoisotopic (exact) mass is 354 g/mol. The second kappa shape index (κ2) is 6.06. The minimum Gasteiger partial charge on any atom is -0.508 e. The highest BCUT2D eigenvalue weighted by molar-refractivity contribution is 6.26. The van der Waals surface area contributed by atoms with Crippen LogP contribution in [-0.2, 0) is 9.53 Å². The van der Waals surface area contributed by atoms with Crippen LogP contribution < -0.4 is 0 Å². The zero-order valence-corrected chi connectivity index (χ0v) is 15.7. The van der Waals surface area contributed by atoms with Gasteiger partial charge in [-0.2, -0.15) is 0 Å². The van der Waals surface area contributed by atoms with E-state index in [9.17, 15) is 14.3 Å². The third-order valence-corrected chi connectivity index (χ3v) is 4.78. The van der Waals surface area contributed by atoms with Gasteiger partial charge in [0.2, 0.25) is 0 Å². The van der Waals surface area contributed by atoms with Crippen LogP contribution in [0.1, 0.15) is 38.8 Å². The standard InChI is InChI=1S/C22H23FO3/c1-13-6-7-15(14-8-10-16(23)11-9-14)12-17(13)18-19(24)21(2,3)26-22(4,5)20(18)25/h6-12,24H,1-5H3. The first-order valence-corrected chi connectivity index (χ1v) is 8.58. The van der Waals surface area contributed by atoms with Crippen LogP contribution in [0.2, 0.25) is 0 Å². The maximum Gasteiger partial charge on any atom is 0.198 e. The molecular formula is C22H23FO3. The SMILES string of the molecule is Cc1ccc(-c2ccc(F)cc2)cc1C1=C(O)C(C)(C)OC(C)(C)C1=O. The van der Waals surface area contributed by atoms with Crippen LogP contribution >= 0.6 is 0 Å². The van der Waals surface area contributed by atoms with Gasteiger partial charge >= 0.3 is 0 Å². The van der Waals surface area contributed by atoms with Crippen LogP contribution in [-0.4, -0.2) is 22.1 Å². The number of ether oxygens (including phenoxy) is 1. The number of aryl methyl sites for hydroxylation is 1. The summed E-state index contributed by atoms with van der Waals surface area (Å²) in [5, 5.41) is 10.8. The Morgan fingerprint density at radius 2 is 1.50 bits per heavy atom. The van der Waals surface area contributed by atoms with Gasteiger partial charge in [-0.3, -0.25) is 4.79 Å². The van der Waals surface area contributed by atoms with Crippen molar-refractivity contribution in [2.24, 2.45) is 0 Å². The highest BCUT2D eigenvalue weighted by Crippen LogP contribution is 2.41. The largest absolute Gasteiger partial charge is 0.508 e. The molecule has 0 unspecified atom stereocenters. The first kappa shape index (κ1) is 18.3. The third-order valence-electron chi connectivity index (χ3n) is 4.78. The summed E-state index contributed by atoms with van der Waals surface area (Å²) in [7, 11) is 0. The summed E-state index contributed by atoms with van der Waals surface area (Å²) in [5.74, 6) is -0.626. The van der Waals surface area contributed by atoms with Gasteiger partial charge in [-0.15, -0.1) is 0 Å². The molecule has 1 heterocycles. The zero-order chi connectivity index (χ0) is 19.3. The Labute approximate surface area is 153 Å². The van der Waals surface area contributed by atoms with Crippen molar-refractivity contribution in [3.63, 3.8) is 0 Å². The predicted octanol–water partition coefficient (Wildman–Crippen LogP) is 5.23. The van der Waals surface area contributed by atoms with Crippen molar-refractivity contribution in [1.29, 1.82) is 0 Å². The van der Waals surface area contributed by atoms with Gasteiger partial charge in [-0.1, -0.05) is 24.3 Å². The Hall–Kier alpha value is -2.46. The van der Waals surface area contributed by atoms with Crippen LogP contribution in [0, 0.1) is 12.7 Å². The highest BCUT2D eigenvalue weighted by Gasteiger charge is 2.47. The number of halogens is 1. The first-order valence-electron chi connectivity index (χ1n) is 8.58. The number of aliphatic hydroxyl groups excluding tert-OH is 1. The molecule has 0 spiro atoms. The fourth-order valence-electron chi connectivity index (χ4n) is 3.41. The van der Waals surface area contributed by atoms with Crippen molar-refractivity contribution in [2.75, 3.05) is 0 Å². The third kappa shape index (κ3) is 3.06. The van der Waals surface area contributed by atoms with Crippen LogP contribution in [0.25, 0.3) is 16.7 Å². The highest BCUT2D eigenvalue weighted by atomic mass is 19.1. The van der Waals surface area contributed by atoms with Crippen molar-refractivity contribution in [3.05, 3.63) is 65.2 Å². The molecule has 4 heteroatoms. The van der Waals surface area contributed by atoms with Gasteiger partial charge in [-0.05, 0) is 75.1 Å². The lowest BCUT2D eigenvalue weighted by Gasteiger charge is -2.40. The van der Waals surface area contributed by atoms with E-state index in [1.54, 1.807) is 39.8 Å². The molecule has 0 saturated carbocycles. The number of Topliss-reactive ketones (excluding diaryl/α,β-unsaturated/α-hetero) is 1. The Morgan fingerprint density at radius 1 is 0.923 bits per heavy atom. The maximum atomic E-state index is 13.2. The zero-order valence-electron chi connectivity index (χ0n) is 15.7. The molecule has 3 nitrogen and oxygen atoms in total. The smallest absolute Gasteiger partial charge is 0.198 e. The number of rotatable bonds is 2. The number of aliphatic hydroxyl groups is 1. The average Bonchev–Trinajstić information content (AvgIpc) is 2.55. The lowest BCUT2D eigenvalue weighted by molar-refractivity contribution is -0.158. The molecular weight excluding hydrogens is 331 g/mol. The molecule has 2 aromatic carbocycles. The van der Waals surface area contributed by atoms with Gasteiger partial charge in [-0.25, -0.2) is 4.39 Å². The topological polar surface area (TPSA) is 46.5 Å². The summed E-state index contributed by atoms with van der Waals surface area (Å²) in [5.41, 5.74) is 1.51. The molecule has 2 aromatic rings. The number of benzene rings is 2. The van der Waals surface area contributed by atoms with Gasteiger partial charge in [0, 0.05) is 0 Å². The summed E-state index contributed by atoms with van der Waals surface area (Å²) in [6.45, 7) is 8.81. The van der Waals surface area contributed by atoms with E-state index >= 15 is 0 Å². The second-order valence-corrected chi connectivity index (χ2v) is 7.71. The van der Waals surface area contributed by atoms with Crippen molar-refractivity contribution >= 4 is 11.4 Å². The first-order chi connectivity index (χ1) is 12.0. The van der Waals surface area contributed by atoms with E-state index < -0.39 is 11.2 Å². The number of ketones is 1. The van der Waals surface area contributed by atoms with E-state index in [1.807, 2.05) is 25.1 Å². The van der Waals surface area contributed by atoms with Gasteiger partial charge < -0.3 is 9.84 Å². The lowest BCUT2D eigenvalue weighted by atomic mass is 9.81. The van der Waals surface area contributed by atoms with E-state index in [2.05, 4.69) is 0 Å². The fraction of sp³-hybridized carbons (Fsp3) is 0.318. The molecule has 136 valence electrons. The van der Waals surface area contributed by atoms with E-state index in [0.717, 1.165) is 16.7 Å². The van der Waals surface area contributed by atoms with E-state index in [1.165, 1.54) is 12.1 Å². The maximum absolute atomic E-state index is 13.2. The molecule has 1 aliphatic rings. The minimum atomic E-state index is -1.04. The fourth-order valence-corrected chi connectivity index (χ4v) is 3.41. The van der Waals surface area contributed by atoms with Crippen molar-refractivity contribution in [2.45, 2.75) is 45.8 Å². The van der Waals surface area contributed by atoms with Crippen LogP contribution in [0.3, 0.4) is 0 Å². The van der Waals surface area contributed by atoms with E-state index in [0.29, 0.717) is 5.56 Å². The average molecular weight is 354 g/mol. The molecule has 0 bridgehead atoms. The Bertz CT molecular complexity index is 905. The van der Waals surface area contributed by atoms with Crippen LogP contribution in [0.15, 0.2) is 48.2 Å². The summed E-state index contributed by atoms with van der Waals surface area (Å²) in [6.07, 6.45) is 0. The van der Waals surface area contributed by atoms with Crippen molar-refractivity contribution < 1.29 is 19.0 Å². The number of hydrogen-bond acceptors (Lipinski definition) is 3. The molecule has 0 aliphatic carbocycles. The lowest BCUT2D eigenvalue weighted by Crippen LogP contribution is -2.49. The molecule has 1 N–H and O–H groups in total. The molecule has 1 aliphatic heterocycles. The number of carbonyl (C=O) groups is 1. The second-order valence-electron chi connectivity index (χ2n) is 7.71. The molecule has 0 saturated heterocycles. The van der Waals surface area contributed by atoms with Crippen LogP contribution in [0.5, 0.6) is 0 Å². The van der Waals surface area contributed by atoms with Gasteiger partial charge in [0.25, 0.3) is 0 Å². The molecule has 0 aromatic heterocycles. The summed E-state index contributed by atoms with van der Waals surface area (Å²) in [6, 6.07) is 11.9. The molecule has 3 rings (SSSR count).